The van der Waals surface area contributed by atoms with Crippen molar-refractivity contribution in [2.24, 2.45) is 12.5 Å². The van der Waals surface area contributed by atoms with Gasteiger partial charge in [-0.2, -0.15) is 15.5 Å². The van der Waals surface area contributed by atoms with Crippen molar-refractivity contribution in [1.82, 2.24) is 29.4 Å². The zero-order valence-corrected chi connectivity index (χ0v) is 17.9. The van der Waals surface area contributed by atoms with Crippen LogP contribution in [0.1, 0.15) is 32.3 Å². The predicted octanol–water partition coefficient (Wildman–Crippen LogP) is 3.69. The zero-order valence-electron chi connectivity index (χ0n) is 17.9. The number of pyridine rings is 1. The second kappa shape index (κ2) is 7.20. The lowest BCUT2D eigenvalue weighted by Crippen LogP contribution is -2.37. The first-order valence-electron chi connectivity index (χ1n) is 10.4. The Morgan fingerprint density at radius 1 is 1.00 bits per heavy atom. The van der Waals surface area contributed by atoms with Crippen LogP contribution >= 0.6 is 0 Å². The van der Waals surface area contributed by atoms with Gasteiger partial charge >= 0.3 is 0 Å². The van der Waals surface area contributed by atoms with Crippen molar-refractivity contribution in [3.05, 3.63) is 48.7 Å². The molecule has 8 nitrogen and oxygen atoms in total. The fourth-order valence-electron chi connectivity index (χ4n) is 4.04. The Morgan fingerprint density at radius 2 is 1.81 bits per heavy atom. The Kier molecular flexibility index (Phi) is 4.47. The number of aromatic nitrogens is 6. The molecule has 0 saturated carbocycles. The first kappa shape index (κ1) is 19.2. The molecule has 156 valence electrons. The number of anilines is 1. The van der Waals surface area contributed by atoms with Crippen molar-refractivity contribution in [1.29, 1.82) is 5.26 Å². The summed E-state index contributed by atoms with van der Waals surface area (Å²) in [6, 6.07) is 6.31. The lowest BCUT2D eigenvalue weighted by Gasteiger charge is -2.37. The number of hydrogen-bond donors (Lipinski definition) is 0. The molecule has 4 aromatic rings. The molecule has 0 radical (unpaired) electrons. The van der Waals surface area contributed by atoms with E-state index >= 15 is 0 Å². The quantitative estimate of drug-likeness (QED) is 0.510. The van der Waals surface area contributed by atoms with Crippen LogP contribution in [0, 0.1) is 16.7 Å². The minimum Gasteiger partial charge on any atom is -0.357 e. The monoisotopic (exact) mass is 412 g/mol. The zero-order chi connectivity index (χ0) is 21.6. The van der Waals surface area contributed by atoms with Crippen LogP contribution in [-0.2, 0) is 7.05 Å². The van der Waals surface area contributed by atoms with Crippen LogP contribution in [0.25, 0.3) is 28.0 Å². The van der Waals surface area contributed by atoms with E-state index in [1.165, 1.54) is 0 Å². The highest BCUT2D eigenvalue weighted by atomic mass is 15.2. The molecule has 0 atom stereocenters. The largest absolute Gasteiger partial charge is 0.357 e. The van der Waals surface area contributed by atoms with Gasteiger partial charge in [-0.3, -0.25) is 4.68 Å². The third-order valence-corrected chi connectivity index (χ3v) is 6.08. The van der Waals surface area contributed by atoms with E-state index < -0.39 is 0 Å². The minimum atomic E-state index is 0.397. The Bertz CT molecular complexity index is 1280. The summed E-state index contributed by atoms with van der Waals surface area (Å²) < 4.78 is 3.45. The first-order valence-corrected chi connectivity index (χ1v) is 10.4. The van der Waals surface area contributed by atoms with Gasteiger partial charge in [-0.25, -0.2) is 14.5 Å². The van der Waals surface area contributed by atoms with Crippen LogP contribution in [0.5, 0.6) is 0 Å². The molecule has 8 heteroatoms. The van der Waals surface area contributed by atoms with Crippen LogP contribution in [0.4, 0.5) is 5.82 Å². The SMILES string of the molecule is Cn1cc(-c2cn3ncc(C#N)c3c(-c3ccc(N4CCC(C)(C)CC4)nc3)n2)cn1. The van der Waals surface area contributed by atoms with E-state index in [1.54, 1.807) is 21.6 Å². The van der Waals surface area contributed by atoms with Gasteiger partial charge in [0, 0.05) is 43.7 Å². The molecular weight excluding hydrogens is 388 g/mol. The number of nitrogens with zero attached hydrogens (tertiary/aromatic N) is 8. The van der Waals surface area contributed by atoms with Crippen molar-refractivity contribution in [2.45, 2.75) is 26.7 Å². The molecule has 0 amide bonds. The summed E-state index contributed by atoms with van der Waals surface area (Å²) >= 11 is 0. The third-order valence-electron chi connectivity index (χ3n) is 6.08. The van der Waals surface area contributed by atoms with Gasteiger partial charge in [0.2, 0.25) is 0 Å². The van der Waals surface area contributed by atoms with E-state index in [-0.39, 0.29) is 0 Å². The second-order valence-electron chi connectivity index (χ2n) is 8.90. The maximum absolute atomic E-state index is 9.58. The number of fused-ring (bicyclic) bond motifs is 1. The molecule has 1 saturated heterocycles. The fourth-order valence-corrected chi connectivity index (χ4v) is 4.04. The maximum atomic E-state index is 9.58. The van der Waals surface area contributed by atoms with Gasteiger partial charge in [-0.15, -0.1) is 0 Å². The highest BCUT2D eigenvalue weighted by Gasteiger charge is 2.26. The molecule has 5 rings (SSSR count). The van der Waals surface area contributed by atoms with Crippen LogP contribution in [0.3, 0.4) is 0 Å². The highest BCUT2D eigenvalue weighted by Crippen LogP contribution is 2.33. The third kappa shape index (κ3) is 3.52. The van der Waals surface area contributed by atoms with Crippen LogP contribution in [0.15, 0.2) is 43.1 Å². The molecule has 1 aliphatic rings. The van der Waals surface area contributed by atoms with E-state index in [0.29, 0.717) is 22.2 Å². The number of hydrogen-bond acceptors (Lipinski definition) is 6. The molecule has 0 aromatic carbocycles. The molecule has 0 unspecified atom stereocenters. The Balaban J connectivity index is 1.56. The number of piperidine rings is 1. The average Bonchev–Trinajstić information content (AvgIpc) is 3.39. The van der Waals surface area contributed by atoms with Crippen molar-refractivity contribution in [3.8, 4) is 28.6 Å². The lowest BCUT2D eigenvalue weighted by atomic mass is 9.83. The van der Waals surface area contributed by atoms with Crippen LogP contribution < -0.4 is 4.90 Å². The summed E-state index contributed by atoms with van der Waals surface area (Å²) in [5.74, 6) is 0.979. The van der Waals surface area contributed by atoms with E-state index in [0.717, 1.165) is 48.6 Å². The molecule has 0 aliphatic carbocycles. The smallest absolute Gasteiger partial charge is 0.128 e. The standard InChI is InChI=1S/C23H24N8/c1-23(2)6-8-30(9-7-23)20-5-4-16(11-25-20)21-22-17(10-24)12-27-31(22)15-19(28-21)18-13-26-29(3)14-18/h4-5,11-15H,6-9H2,1-3H3. The molecule has 0 spiro atoms. The van der Waals surface area contributed by atoms with E-state index in [1.807, 2.05) is 37.8 Å². The van der Waals surface area contributed by atoms with Crippen LogP contribution in [-0.4, -0.2) is 42.5 Å². The topological polar surface area (TPSA) is 87.9 Å². The Labute approximate surface area is 180 Å². The molecule has 0 bridgehead atoms. The van der Waals surface area contributed by atoms with E-state index in [4.69, 9.17) is 9.97 Å². The predicted molar refractivity (Wildman–Crippen MR) is 118 cm³/mol. The summed E-state index contributed by atoms with van der Waals surface area (Å²) in [5, 5.41) is 18.2. The fraction of sp³-hybridized carbons (Fsp3) is 0.348. The highest BCUT2D eigenvalue weighted by molar-refractivity contribution is 5.83. The molecule has 31 heavy (non-hydrogen) atoms. The number of rotatable bonds is 3. The van der Waals surface area contributed by atoms with Gasteiger partial charge in [0.15, 0.2) is 0 Å². The lowest BCUT2D eigenvalue weighted by molar-refractivity contribution is 0.279. The van der Waals surface area contributed by atoms with Gasteiger partial charge in [0.1, 0.15) is 23.0 Å². The summed E-state index contributed by atoms with van der Waals surface area (Å²) in [5.41, 5.74) is 4.75. The van der Waals surface area contributed by atoms with Crippen molar-refractivity contribution >= 4 is 11.3 Å². The summed E-state index contributed by atoms with van der Waals surface area (Å²) in [4.78, 5) is 12.0. The number of aryl methyl sites for hydroxylation is 1. The van der Waals surface area contributed by atoms with Crippen LogP contribution in [0.2, 0.25) is 0 Å². The molecular formula is C23H24N8. The summed E-state index contributed by atoms with van der Waals surface area (Å²) in [7, 11) is 1.87. The van der Waals surface area contributed by atoms with Gasteiger partial charge in [0.05, 0.1) is 30.0 Å². The van der Waals surface area contributed by atoms with E-state index in [9.17, 15) is 5.26 Å². The second-order valence-corrected chi connectivity index (χ2v) is 8.90. The summed E-state index contributed by atoms with van der Waals surface area (Å²) in [6.07, 6.45) is 11.2. The van der Waals surface area contributed by atoms with Gasteiger partial charge < -0.3 is 4.90 Å². The van der Waals surface area contributed by atoms with Crippen molar-refractivity contribution in [2.75, 3.05) is 18.0 Å². The summed E-state index contributed by atoms with van der Waals surface area (Å²) in [6.45, 7) is 6.68. The maximum Gasteiger partial charge on any atom is 0.128 e. The van der Waals surface area contributed by atoms with Gasteiger partial charge in [-0.1, -0.05) is 13.8 Å². The van der Waals surface area contributed by atoms with Crippen molar-refractivity contribution in [3.63, 3.8) is 0 Å². The molecule has 1 fully saturated rings. The minimum absolute atomic E-state index is 0.397. The molecule has 1 aliphatic heterocycles. The Morgan fingerprint density at radius 3 is 2.45 bits per heavy atom. The first-order chi connectivity index (χ1) is 14.9. The van der Waals surface area contributed by atoms with Gasteiger partial charge in [0.25, 0.3) is 0 Å². The normalized spacial score (nSPS) is 15.9. The number of nitriles is 1. The Hall–Kier alpha value is -3.73. The molecule has 5 heterocycles. The molecule has 4 aromatic heterocycles. The molecule has 0 N–H and O–H groups in total. The van der Waals surface area contributed by atoms with Crippen molar-refractivity contribution < 1.29 is 0 Å². The van der Waals surface area contributed by atoms with E-state index in [2.05, 4.69) is 35.0 Å². The average molecular weight is 413 g/mol. The van der Waals surface area contributed by atoms with Gasteiger partial charge in [-0.05, 0) is 30.4 Å².